The minimum absolute atomic E-state index is 0.115. The molecule has 3 heteroatoms. The third-order valence-corrected chi connectivity index (χ3v) is 4.89. The van der Waals surface area contributed by atoms with Crippen LogP contribution < -0.4 is 0 Å². The first kappa shape index (κ1) is 18.0. The van der Waals surface area contributed by atoms with Crippen molar-refractivity contribution >= 4 is 11.8 Å². The molecule has 0 bridgehead atoms. The highest BCUT2D eigenvalue weighted by Crippen LogP contribution is 2.53. The molecule has 1 atom stereocenters. The van der Waals surface area contributed by atoms with Crippen LogP contribution in [0.3, 0.4) is 0 Å². The van der Waals surface area contributed by atoms with Crippen molar-refractivity contribution in [3.8, 4) is 12.3 Å². The highest BCUT2D eigenvalue weighted by atomic mass is 16.4. The van der Waals surface area contributed by atoms with Crippen molar-refractivity contribution in [2.75, 3.05) is 0 Å². The summed E-state index contributed by atoms with van der Waals surface area (Å²) in [6.45, 7) is 9.89. The molecule has 0 spiro atoms. The Morgan fingerprint density at radius 1 is 1.41 bits per heavy atom. The van der Waals surface area contributed by atoms with Crippen molar-refractivity contribution in [1.29, 1.82) is 0 Å². The number of carboxylic acid groups (broad SMARTS) is 1. The molecule has 0 heterocycles. The lowest BCUT2D eigenvalue weighted by Crippen LogP contribution is -2.41. The van der Waals surface area contributed by atoms with Gasteiger partial charge in [-0.2, -0.15) is 0 Å². The molecule has 0 unspecified atom stereocenters. The average molecular weight is 300 g/mol. The molecule has 0 fully saturated rings. The SMILES string of the molecule is C#CCC1=C(C)[C@](C)(/C=C/C(C)=C\C(=O)O)C(C)(C)CC1=O. The van der Waals surface area contributed by atoms with Gasteiger partial charge in [0.25, 0.3) is 0 Å². The number of terminal acetylenes is 1. The summed E-state index contributed by atoms with van der Waals surface area (Å²) < 4.78 is 0. The molecule has 22 heavy (non-hydrogen) atoms. The third-order valence-electron chi connectivity index (χ3n) is 4.89. The molecule has 1 aliphatic rings. The maximum atomic E-state index is 12.3. The fourth-order valence-corrected chi connectivity index (χ4v) is 2.95. The Hall–Kier alpha value is -2.08. The molecule has 0 aliphatic heterocycles. The molecular formula is C19H24O3. The molecule has 0 aromatic heterocycles. The average Bonchev–Trinajstić information content (AvgIpc) is 2.38. The summed E-state index contributed by atoms with van der Waals surface area (Å²) in [6, 6.07) is 0. The number of hydrogen-bond donors (Lipinski definition) is 1. The number of ketones is 1. The van der Waals surface area contributed by atoms with Crippen molar-refractivity contribution in [3.05, 3.63) is 34.9 Å². The number of allylic oxidation sites excluding steroid dienone is 5. The van der Waals surface area contributed by atoms with E-state index in [1.165, 1.54) is 6.08 Å². The van der Waals surface area contributed by atoms with Gasteiger partial charge >= 0.3 is 5.97 Å². The van der Waals surface area contributed by atoms with E-state index in [9.17, 15) is 9.59 Å². The summed E-state index contributed by atoms with van der Waals surface area (Å²) in [5.41, 5.74) is 1.75. The smallest absolute Gasteiger partial charge is 0.328 e. The summed E-state index contributed by atoms with van der Waals surface area (Å²) in [4.78, 5) is 23.0. The van der Waals surface area contributed by atoms with E-state index in [1.54, 1.807) is 6.92 Å². The maximum Gasteiger partial charge on any atom is 0.328 e. The Morgan fingerprint density at radius 2 is 2.00 bits per heavy atom. The van der Waals surface area contributed by atoms with E-state index in [4.69, 9.17) is 11.5 Å². The first-order chi connectivity index (χ1) is 10.0. The standard InChI is InChI=1S/C19H24O3/c1-7-8-15-14(3)19(6,18(4,5)12-16(15)20)10-9-13(2)11-17(21)22/h1,9-11H,8,12H2,2-6H3,(H,21,22)/b10-9+,13-11-/t19-/m0/s1. The second kappa shape index (κ2) is 6.36. The van der Waals surface area contributed by atoms with Crippen LogP contribution >= 0.6 is 0 Å². The molecule has 1 rings (SSSR count). The minimum Gasteiger partial charge on any atom is -0.478 e. The minimum atomic E-state index is -0.967. The number of carbonyl (C=O) groups excluding carboxylic acids is 1. The van der Waals surface area contributed by atoms with Gasteiger partial charge in [-0.3, -0.25) is 4.79 Å². The first-order valence-corrected chi connectivity index (χ1v) is 7.32. The second-order valence-electron chi connectivity index (χ2n) is 6.73. The highest BCUT2D eigenvalue weighted by molar-refractivity contribution is 5.98. The number of carboxylic acids is 1. The van der Waals surface area contributed by atoms with Crippen LogP contribution in [0.4, 0.5) is 0 Å². The molecule has 0 amide bonds. The lowest BCUT2D eigenvalue weighted by molar-refractivity contribution is -0.131. The predicted octanol–water partition coefficient (Wildman–Crippen LogP) is 3.92. The summed E-state index contributed by atoms with van der Waals surface area (Å²) >= 11 is 0. The Morgan fingerprint density at radius 3 is 2.50 bits per heavy atom. The number of aliphatic carboxylic acids is 1. The summed E-state index contributed by atoms with van der Waals surface area (Å²) in [5, 5.41) is 8.80. The molecule has 0 aromatic rings. The Bertz CT molecular complexity index is 624. The topological polar surface area (TPSA) is 54.4 Å². The monoisotopic (exact) mass is 300 g/mol. The van der Waals surface area contributed by atoms with Gasteiger partial charge in [0.15, 0.2) is 5.78 Å². The van der Waals surface area contributed by atoms with Gasteiger partial charge in [0.05, 0.1) is 0 Å². The number of rotatable bonds is 4. The van der Waals surface area contributed by atoms with E-state index in [-0.39, 0.29) is 16.6 Å². The van der Waals surface area contributed by atoms with Crippen molar-refractivity contribution in [2.24, 2.45) is 10.8 Å². The molecule has 0 radical (unpaired) electrons. The van der Waals surface area contributed by atoms with E-state index in [2.05, 4.69) is 26.7 Å². The quantitative estimate of drug-likeness (QED) is 0.486. The van der Waals surface area contributed by atoms with Gasteiger partial charge in [-0.05, 0) is 24.8 Å². The summed E-state index contributed by atoms with van der Waals surface area (Å²) in [5.74, 6) is 1.71. The molecule has 118 valence electrons. The van der Waals surface area contributed by atoms with E-state index >= 15 is 0 Å². The van der Waals surface area contributed by atoms with Gasteiger partial charge in [-0.1, -0.05) is 38.5 Å². The zero-order valence-corrected chi connectivity index (χ0v) is 14.0. The van der Waals surface area contributed by atoms with Gasteiger partial charge in [0, 0.05) is 29.9 Å². The van der Waals surface area contributed by atoms with Crippen LogP contribution in [0.1, 0.15) is 47.5 Å². The lowest BCUT2D eigenvalue weighted by Gasteiger charge is -2.47. The molecule has 3 nitrogen and oxygen atoms in total. The van der Waals surface area contributed by atoms with Crippen molar-refractivity contribution in [1.82, 2.24) is 0 Å². The van der Waals surface area contributed by atoms with E-state index in [0.717, 1.165) is 5.57 Å². The molecular weight excluding hydrogens is 276 g/mol. The van der Waals surface area contributed by atoms with Crippen molar-refractivity contribution in [2.45, 2.75) is 47.5 Å². The van der Waals surface area contributed by atoms with Crippen LogP contribution in [0, 0.1) is 23.2 Å². The molecule has 1 N–H and O–H groups in total. The van der Waals surface area contributed by atoms with Crippen LogP contribution in [0.5, 0.6) is 0 Å². The van der Waals surface area contributed by atoms with Gasteiger partial charge in [-0.15, -0.1) is 12.3 Å². The molecule has 0 aromatic carbocycles. The Kier molecular flexibility index (Phi) is 5.19. The Labute approximate surface area is 132 Å². The van der Waals surface area contributed by atoms with Crippen molar-refractivity contribution < 1.29 is 14.7 Å². The van der Waals surface area contributed by atoms with Crippen molar-refractivity contribution in [3.63, 3.8) is 0 Å². The summed E-state index contributed by atoms with van der Waals surface area (Å²) in [7, 11) is 0. The lowest BCUT2D eigenvalue weighted by atomic mass is 9.56. The van der Waals surface area contributed by atoms with Crippen LogP contribution in [-0.4, -0.2) is 16.9 Å². The second-order valence-corrected chi connectivity index (χ2v) is 6.73. The van der Waals surface area contributed by atoms with Gasteiger partial charge < -0.3 is 5.11 Å². The van der Waals surface area contributed by atoms with Crippen LogP contribution in [-0.2, 0) is 9.59 Å². The predicted molar refractivity (Wildman–Crippen MR) is 88.2 cm³/mol. The fourth-order valence-electron chi connectivity index (χ4n) is 2.95. The van der Waals surface area contributed by atoms with Crippen LogP contribution in [0.2, 0.25) is 0 Å². The summed E-state index contributed by atoms with van der Waals surface area (Å²) in [6.07, 6.45) is 11.1. The normalized spacial score (nSPS) is 25.5. The zero-order chi connectivity index (χ0) is 17.1. The van der Waals surface area contributed by atoms with Crippen LogP contribution in [0.25, 0.3) is 0 Å². The fraction of sp³-hybridized carbons (Fsp3) is 0.474. The molecule has 1 aliphatic carbocycles. The zero-order valence-electron chi connectivity index (χ0n) is 14.0. The highest BCUT2D eigenvalue weighted by Gasteiger charge is 2.46. The van der Waals surface area contributed by atoms with Gasteiger partial charge in [0.2, 0.25) is 0 Å². The first-order valence-electron chi connectivity index (χ1n) is 7.32. The van der Waals surface area contributed by atoms with Crippen LogP contribution in [0.15, 0.2) is 34.9 Å². The van der Waals surface area contributed by atoms with E-state index in [1.807, 2.05) is 19.1 Å². The molecule has 0 saturated heterocycles. The maximum absolute atomic E-state index is 12.3. The Balaban J connectivity index is 3.38. The van der Waals surface area contributed by atoms with Gasteiger partial charge in [-0.25, -0.2) is 4.79 Å². The van der Waals surface area contributed by atoms with Gasteiger partial charge in [0.1, 0.15) is 0 Å². The van der Waals surface area contributed by atoms with E-state index in [0.29, 0.717) is 24.0 Å². The number of Topliss-reactive ketones (excluding diaryl/α,β-unsaturated/α-hetero) is 1. The van der Waals surface area contributed by atoms with E-state index < -0.39 is 5.97 Å². The largest absolute Gasteiger partial charge is 0.478 e. The molecule has 0 saturated carbocycles. The number of carbonyl (C=O) groups is 2. The number of hydrogen-bond acceptors (Lipinski definition) is 2. The third kappa shape index (κ3) is 3.39.